The summed E-state index contributed by atoms with van der Waals surface area (Å²) in [6, 6.07) is 6.10. The standard InChI is InChI=1S/C12H12FN3/c13-10-3-1-9(2-4-10)7-11(14)12-8-15-5-6-16-12/h1-6,8,11H,7,14H2. The summed E-state index contributed by atoms with van der Waals surface area (Å²) in [5, 5.41) is 0. The number of rotatable bonds is 3. The Kier molecular flexibility index (Phi) is 3.22. The zero-order valence-corrected chi connectivity index (χ0v) is 8.68. The number of benzene rings is 1. The lowest BCUT2D eigenvalue weighted by atomic mass is 10.0. The molecular formula is C12H12FN3. The Balaban J connectivity index is 2.08. The minimum Gasteiger partial charge on any atom is -0.322 e. The molecule has 0 aliphatic rings. The van der Waals surface area contributed by atoms with Gasteiger partial charge in [-0.2, -0.15) is 0 Å². The van der Waals surface area contributed by atoms with Gasteiger partial charge in [0.15, 0.2) is 0 Å². The predicted octanol–water partition coefficient (Wildman–Crippen LogP) is 1.86. The molecule has 1 unspecified atom stereocenters. The number of nitrogens with two attached hydrogens (primary N) is 1. The molecule has 0 aliphatic heterocycles. The van der Waals surface area contributed by atoms with Gasteiger partial charge in [0.25, 0.3) is 0 Å². The van der Waals surface area contributed by atoms with Gasteiger partial charge in [-0.1, -0.05) is 12.1 Å². The van der Waals surface area contributed by atoms with Crippen molar-refractivity contribution in [1.29, 1.82) is 0 Å². The van der Waals surface area contributed by atoms with Crippen LogP contribution in [-0.2, 0) is 6.42 Å². The van der Waals surface area contributed by atoms with E-state index in [2.05, 4.69) is 9.97 Å². The van der Waals surface area contributed by atoms with Crippen molar-refractivity contribution in [3.8, 4) is 0 Å². The van der Waals surface area contributed by atoms with Gasteiger partial charge in [0.05, 0.1) is 11.7 Å². The molecule has 82 valence electrons. The van der Waals surface area contributed by atoms with Gasteiger partial charge in [-0.3, -0.25) is 9.97 Å². The van der Waals surface area contributed by atoms with Crippen LogP contribution in [0.1, 0.15) is 17.3 Å². The Morgan fingerprint density at radius 1 is 1.19 bits per heavy atom. The second-order valence-corrected chi connectivity index (χ2v) is 3.57. The third-order valence-corrected chi connectivity index (χ3v) is 2.33. The third-order valence-electron chi connectivity index (χ3n) is 2.33. The van der Waals surface area contributed by atoms with E-state index in [1.807, 2.05) is 0 Å². The smallest absolute Gasteiger partial charge is 0.123 e. The molecule has 1 aromatic carbocycles. The van der Waals surface area contributed by atoms with Crippen LogP contribution in [0.5, 0.6) is 0 Å². The minimum atomic E-state index is -0.239. The van der Waals surface area contributed by atoms with Crippen LogP contribution in [0.25, 0.3) is 0 Å². The molecule has 1 aromatic heterocycles. The Morgan fingerprint density at radius 3 is 2.56 bits per heavy atom. The first-order valence-electron chi connectivity index (χ1n) is 5.01. The normalized spacial score (nSPS) is 12.4. The quantitative estimate of drug-likeness (QED) is 0.853. The topological polar surface area (TPSA) is 51.8 Å². The molecule has 2 N–H and O–H groups in total. The predicted molar refractivity (Wildman–Crippen MR) is 59.1 cm³/mol. The molecule has 1 heterocycles. The number of halogens is 1. The van der Waals surface area contributed by atoms with Crippen molar-refractivity contribution in [2.75, 3.05) is 0 Å². The van der Waals surface area contributed by atoms with E-state index in [1.165, 1.54) is 12.1 Å². The Hall–Kier alpha value is -1.81. The van der Waals surface area contributed by atoms with E-state index in [1.54, 1.807) is 30.7 Å². The van der Waals surface area contributed by atoms with Crippen molar-refractivity contribution < 1.29 is 4.39 Å². The average molecular weight is 217 g/mol. The van der Waals surface area contributed by atoms with Crippen LogP contribution < -0.4 is 5.73 Å². The van der Waals surface area contributed by atoms with Crippen molar-refractivity contribution in [1.82, 2.24) is 9.97 Å². The van der Waals surface area contributed by atoms with Gasteiger partial charge < -0.3 is 5.73 Å². The molecule has 0 radical (unpaired) electrons. The number of nitrogens with zero attached hydrogens (tertiary/aromatic N) is 2. The Labute approximate surface area is 93.2 Å². The van der Waals surface area contributed by atoms with Gasteiger partial charge in [-0.05, 0) is 24.1 Å². The van der Waals surface area contributed by atoms with Crippen molar-refractivity contribution in [2.45, 2.75) is 12.5 Å². The number of hydrogen-bond acceptors (Lipinski definition) is 3. The van der Waals surface area contributed by atoms with Gasteiger partial charge in [-0.25, -0.2) is 4.39 Å². The van der Waals surface area contributed by atoms with Crippen LogP contribution in [0.4, 0.5) is 4.39 Å². The first-order chi connectivity index (χ1) is 7.75. The highest BCUT2D eigenvalue weighted by atomic mass is 19.1. The summed E-state index contributed by atoms with van der Waals surface area (Å²) in [7, 11) is 0. The highest BCUT2D eigenvalue weighted by molar-refractivity contribution is 5.19. The summed E-state index contributed by atoms with van der Waals surface area (Å²) in [5.74, 6) is -0.239. The minimum absolute atomic E-state index is 0.209. The SMILES string of the molecule is NC(Cc1ccc(F)cc1)c1cnccn1. The summed E-state index contributed by atoms with van der Waals surface area (Å²) in [5.41, 5.74) is 7.70. The lowest BCUT2D eigenvalue weighted by Crippen LogP contribution is -2.15. The van der Waals surface area contributed by atoms with Crippen molar-refractivity contribution in [3.05, 3.63) is 59.9 Å². The van der Waals surface area contributed by atoms with Crippen molar-refractivity contribution in [3.63, 3.8) is 0 Å². The largest absolute Gasteiger partial charge is 0.322 e. The summed E-state index contributed by atoms with van der Waals surface area (Å²) in [4.78, 5) is 8.09. The van der Waals surface area contributed by atoms with E-state index in [9.17, 15) is 4.39 Å². The van der Waals surface area contributed by atoms with Gasteiger partial charge in [0, 0.05) is 18.6 Å². The van der Waals surface area contributed by atoms with E-state index in [0.717, 1.165) is 11.3 Å². The van der Waals surface area contributed by atoms with Gasteiger partial charge >= 0.3 is 0 Å². The van der Waals surface area contributed by atoms with Crippen LogP contribution >= 0.6 is 0 Å². The van der Waals surface area contributed by atoms with Gasteiger partial charge in [-0.15, -0.1) is 0 Å². The lowest BCUT2D eigenvalue weighted by molar-refractivity contribution is 0.625. The van der Waals surface area contributed by atoms with E-state index < -0.39 is 0 Å². The molecule has 3 nitrogen and oxygen atoms in total. The molecule has 0 saturated heterocycles. The van der Waals surface area contributed by atoms with Crippen LogP contribution in [-0.4, -0.2) is 9.97 Å². The zero-order chi connectivity index (χ0) is 11.4. The Bertz CT molecular complexity index is 442. The molecule has 0 bridgehead atoms. The van der Waals surface area contributed by atoms with Crippen molar-refractivity contribution in [2.24, 2.45) is 5.73 Å². The molecule has 0 fully saturated rings. The number of hydrogen-bond donors (Lipinski definition) is 1. The van der Waals surface area contributed by atoms with Crippen LogP contribution in [0.2, 0.25) is 0 Å². The number of aromatic nitrogens is 2. The Morgan fingerprint density at radius 2 is 1.94 bits per heavy atom. The fourth-order valence-corrected chi connectivity index (χ4v) is 1.48. The molecule has 1 atom stereocenters. The molecule has 16 heavy (non-hydrogen) atoms. The third kappa shape index (κ3) is 2.61. The monoisotopic (exact) mass is 217 g/mol. The average Bonchev–Trinajstić information content (AvgIpc) is 2.33. The zero-order valence-electron chi connectivity index (χ0n) is 8.68. The summed E-state index contributed by atoms with van der Waals surface area (Å²) >= 11 is 0. The molecule has 2 rings (SSSR count). The maximum absolute atomic E-state index is 12.7. The summed E-state index contributed by atoms with van der Waals surface area (Å²) in [6.45, 7) is 0. The molecule has 4 heteroatoms. The maximum Gasteiger partial charge on any atom is 0.123 e. The fraction of sp³-hybridized carbons (Fsp3) is 0.167. The summed E-state index contributed by atoms with van der Waals surface area (Å²) < 4.78 is 12.7. The molecular weight excluding hydrogens is 205 g/mol. The second kappa shape index (κ2) is 4.81. The fourth-order valence-electron chi connectivity index (χ4n) is 1.48. The van der Waals surface area contributed by atoms with E-state index in [0.29, 0.717) is 6.42 Å². The highest BCUT2D eigenvalue weighted by Gasteiger charge is 2.08. The van der Waals surface area contributed by atoms with E-state index in [4.69, 9.17) is 5.73 Å². The molecule has 2 aromatic rings. The highest BCUT2D eigenvalue weighted by Crippen LogP contribution is 2.13. The first kappa shape index (κ1) is 10.7. The van der Waals surface area contributed by atoms with Crippen molar-refractivity contribution >= 4 is 0 Å². The second-order valence-electron chi connectivity index (χ2n) is 3.57. The lowest BCUT2D eigenvalue weighted by Gasteiger charge is -2.10. The molecule has 0 amide bonds. The van der Waals surface area contributed by atoms with Gasteiger partial charge in [0.2, 0.25) is 0 Å². The molecule has 0 saturated carbocycles. The molecule has 0 spiro atoms. The van der Waals surface area contributed by atoms with E-state index in [-0.39, 0.29) is 11.9 Å². The summed E-state index contributed by atoms with van der Waals surface area (Å²) in [6.07, 6.45) is 5.49. The van der Waals surface area contributed by atoms with E-state index >= 15 is 0 Å². The maximum atomic E-state index is 12.7. The van der Waals surface area contributed by atoms with Crippen LogP contribution in [0, 0.1) is 5.82 Å². The van der Waals surface area contributed by atoms with Gasteiger partial charge in [0.1, 0.15) is 5.82 Å². The van der Waals surface area contributed by atoms with Crippen LogP contribution in [0.15, 0.2) is 42.9 Å². The molecule has 0 aliphatic carbocycles. The van der Waals surface area contributed by atoms with Crippen LogP contribution in [0.3, 0.4) is 0 Å². The first-order valence-corrected chi connectivity index (χ1v) is 5.01.